The third-order valence-electron chi connectivity index (χ3n) is 3.65. The molecule has 1 heterocycles. The van der Waals surface area contributed by atoms with E-state index in [1.165, 1.54) is 0 Å². The summed E-state index contributed by atoms with van der Waals surface area (Å²) in [7, 11) is 1.68. The molecule has 0 saturated carbocycles. The molecular formula is C15H22ClN3O2. The maximum atomic E-state index is 11.8. The lowest BCUT2D eigenvalue weighted by molar-refractivity contribution is -0.122. The molecule has 1 aromatic carbocycles. The van der Waals surface area contributed by atoms with E-state index in [4.69, 9.17) is 16.3 Å². The maximum Gasteiger partial charge on any atom is 0.242 e. The Morgan fingerprint density at radius 3 is 3.10 bits per heavy atom. The van der Waals surface area contributed by atoms with Crippen LogP contribution >= 0.6 is 11.6 Å². The van der Waals surface area contributed by atoms with E-state index < -0.39 is 0 Å². The van der Waals surface area contributed by atoms with Gasteiger partial charge < -0.3 is 20.3 Å². The second-order valence-corrected chi connectivity index (χ2v) is 5.54. The first-order valence-electron chi connectivity index (χ1n) is 7.16. The molecule has 1 saturated heterocycles. The molecule has 1 aliphatic heterocycles. The van der Waals surface area contributed by atoms with Crippen LogP contribution in [-0.2, 0) is 16.1 Å². The number of amides is 1. The number of hydrogen-bond acceptors (Lipinski definition) is 4. The summed E-state index contributed by atoms with van der Waals surface area (Å²) in [5.74, 6) is 0.0643. The lowest BCUT2D eigenvalue weighted by Crippen LogP contribution is -2.54. The summed E-state index contributed by atoms with van der Waals surface area (Å²) in [5, 5.41) is 6.91. The molecule has 5 nitrogen and oxygen atoms in total. The highest BCUT2D eigenvalue weighted by Gasteiger charge is 2.26. The smallest absolute Gasteiger partial charge is 0.242 e. The predicted molar refractivity (Wildman–Crippen MR) is 84.9 cm³/mol. The molecule has 1 unspecified atom stereocenters. The maximum absolute atomic E-state index is 11.8. The third-order valence-corrected chi connectivity index (χ3v) is 3.88. The van der Waals surface area contributed by atoms with Crippen molar-refractivity contribution in [3.63, 3.8) is 0 Å². The van der Waals surface area contributed by atoms with Gasteiger partial charge in [0.15, 0.2) is 0 Å². The number of piperazine rings is 1. The fourth-order valence-electron chi connectivity index (χ4n) is 2.48. The van der Waals surface area contributed by atoms with Gasteiger partial charge in [0, 0.05) is 44.0 Å². The SMILES string of the molecule is COCCNCc1cc(Cl)ccc1N1CCNC(=O)C1C. The van der Waals surface area contributed by atoms with Crippen molar-refractivity contribution in [1.82, 2.24) is 10.6 Å². The lowest BCUT2D eigenvalue weighted by atomic mass is 10.1. The first kappa shape index (κ1) is 16.1. The molecule has 0 aliphatic carbocycles. The van der Waals surface area contributed by atoms with Crippen LogP contribution in [0.5, 0.6) is 0 Å². The number of hydrogen-bond donors (Lipinski definition) is 2. The van der Waals surface area contributed by atoms with Crippen LogP contribution in [0.2, 0.25) is 5.02 Å². The summed E-state index contributed by atoms with van der Waals surface area (Å²) < 4.78 is 5.03. The number of halogens is 1. The summed E-state index contributed by atoms with van der Waals surface area (Å²) in [6.07, 6.45) is 0. The van der Waals surface area contributed by atoms with Crippen molar-refractivity contribution < 1.29 is 9.53 Å². The van der Waals surface area contributed by atoms with Crippen molar-refractivity contribution in [1.29, 1.82) is 0 Å². The normalized spacial score (nSPS) is 18.7. The van der Waals surface area contributed by atoms with Crippen LogP contribution in [0.4, 0.5) is 5.69 Å². The predicted octanol–water partition coefficient (Wildman–Crippen LogP) is 1.40. The number of rotatable bonds is 6. The van der Waals surface area contributed by atoms with E-state index >= 15 is 0 Å². The molecule has 1 aliphatic rings. The van der Waals surface area contributed by atoms with Gasteiger partial charge in [-0.05, 0) is 30.7 Å². The molecule has 0 spiro atoms. The summed E-state index contributed by atoms with van der Waals surface area (Å²) >= 11 is 6.11. The van der Waals surface area contributed by atoms with E-state index in [1.807, 2.05) is 25.1 Å². The van der Waals surface area contributed by atoms with Gasteiger partial charge in [-0.15, -0.1) is 0 Å². The van der Waals surface area contributed by atoms with Crippen molar-refractivity contribution in [2.75, 3.05) is 38.3 Å². The molecule has 0 radical (unpaired) electrons. The quantitative estimate of drug-likeness (QED) is 0.780. The zero-order valence-electron chi connectivity index (χ0n) is 12.5. The second-order valence-electron chi connectivity index (χ2n) is 5.10. The molecule has 21 heavy (non-hydrogen) atoms. The van der Waals surface area contributed by atoms with Crippen LogP contribution in [0.25, 0.3) is 0 Å². The number of ether oxygens (including phenoxy) is 1. The highest BCUT2D eigenvalue weighted by Crippen LogP contribution is 2.26. The minimum atomic E-state index is -0.169. The molecular weight excluding hydrogens is 290 g/mol. The molecule has 1 atom stereocenters. The van der Waals surface area contributed by atoms with Gasteiger partial charge >= 0.3 is 0 Å². The molecule has 0 bridgehead atoms. The fourth-order valence-corrected chi connectivity index (χ4v) is 2.68. The highest BCUT2D eigenvalue weighted by molar-refractivity contribution is 6.30. The van der Waals surface area contributed by atoms with Gasteiger partial charge in [0.2, 0.25) is 5.91 Å². The van der Waals surface area contributed by atoms with E-state index in [0.717, 1.165) is 24.3 Å². The standard InChI is InChI=1S/C15H22ClN3O2/c1-11-15(20)18-5-7-19(11)14-4-3-13(16)9-12(14)10-17-6-8-21-2/h3-4,9,11,17H,5-8,10H2,1-2H3,(H,18,20). The summed E-state index contributed by atoms with van der Waals surface area (Å²) in [6, 6.07) is 5.65. The average Bonchev–Trinajstić information content (AvgIpc) is 2.47. The van der Waals surface area contributed by atoms with E-state index in [2.05, 4.69) is 15.5 Å². The van der Waals surface area contributed by atoms with Gasteiger partial charge in [-0.3, -0.25) is 4.79 Å². The van der Waals surface area contributed by atoms with Gasteiger partial charge in [0.1, 0.15) is 6.04 Å². The van der Waals surface area contributed by atoms with Gasteiger partial charge in [0.25, 0.3) is 0 Å². The van der Waals surface area contributed by atoms with Crippen LogP contribution in [0.1, 0.15) is 12.5 Å². The minimum Gasteiger partial charge on any atom is -0.383 e. The Kier molecular flexibility index (Phi) is 5.85. The van der Waals surface area contributed by atoms with E-state index in [1.54, 1.807) is 7.11 Å². The van der Waals surface area contributed by atoms with Crippen LogP contribution in [0, 0.1) is 0 Å². The largest absolute Gasteiger partial charge is 0.383 e. The second kappa shape index (κ2) is 7.64. The Labute approximate surface area is 130 Å². The topological polar surface area (TPSA) is 53.6 Å². The van der Waals surface area contributed by atoms with Crippen LogP contribution < -0.4 is 15.5 Å². The molecule has 1 fully saturated rings. The fraction of sp³-hybridized carbons (Fsp3) is 0.533. The Morgan fingerprint density at radius 1 is 1.52 bits per heavy atom. The molecule has 6 heteroatoms. The lowest BCUT2D eigenvalue weighted by Gasteiger charge is -2.36. The first-order chi connectivity index (χ1) is 10.1. The summed E-state index contributed by atoms with van der Waals surface area (Å²) in [5.41, 5.74) is 2.16. The van der Waals surface area contributed by atoms with Crippen LogP contribution in [0.3, 0.4) is 0 Å². The number of methoxy groups -OCH3 is 1. The molecule has 0 aromatic heterocycles. The monoisotopic (exact) mass is 311 g/mol. The Balaban J connectivity index is 2.15. The van der Waals surface area contributed by atoms with Gasteiger partial charge in [0.05, 0.1) is 6.61 Å². The summed E-state index contributed by atoms with van der Waals surface area (Å²) in [4.78, 5) is 14.0. The van der Waals surface area contributed by atoms with Crippen LogP contribution in [-0.4, -0.2) is 45.3 Å². The number of nitrogens with one attached hydrogen (secondary N) is 2. The van der Waals surface area contributed by atoms with Crippen molar-refractivity contribution in [3.8, 4) is 0 Å². The van der Waals surface area contributed by atoms with Crippen molar-refractivity contribution >= 4 is 23.2 Å². The van der Waals surface area contributed by atoms with E-state index in [9.17, 15) is 4.79 Å². The molecule has 1 amide bonds. The van der Waals surface area contributed by atoms with Crippen molar-refractivity contribution in [3.05, 3.63) is 28.8 Å². The highest BCUT2D eigenvalue weighted by atomic mass is 35.5. The van der Waals surface area contributed by atoms with Gasteiger partial charge in [-0.25, -0.2) is 0 Å². The number of carbonyl (C=O) groups excluding carboxylic acids is 1. The number of benzene rings is 1. The number of anilines is 1. The molecule has 1 aromatic rings. The Hall–Kier alpha value is -1.30. The Bertz CT molecular complexity index is 496. The molecule has 116 valence electrons. The van der Waals surface area contributed by atoms with E-state index in [-0.39, 0.29) is 11.9 Å². The number of nitrogens with zero attached hydrogens (tertiary/aromatic N) is 1. The zero-order valence-corrected chi connectivity index (χ0v) is 13.2. The van der Waals surface area contributed by atoms with E-state index in [0.29, 0.717) is 24.7 Å². The summed E-state index contributed by atoms with van der Waals surface area (Å²) in [6.45, 7) is 5.54. The average molecular weight is 312 g/mol. The Morgan fingerprint density at radius 2 is 2.33 bits per heavy atom. The van der Waals surface area contributed by atoms with Crippen molar-refractivity contribution in [2.45, 2.75) is 19.5 Å². The minimum absolute atomic E-state index is 0.0643. The number of carbonyl (C=O) groups is 1. The third kappa shape index (κ3) is 4.09. The first-order valence-corrected chi connectivity index (χ1v) is 7.53. The van der Waals surface area contributed by atoms with Gasteiger partial charge in [-0.1, -0.05) is 11.6 Å². The zero-order chi connectivity index (χ0) is 15.2. The molecule has 2 N–H and O–H groups in total. The van der Waals surface area contributed by atoms with Gasteiger partial charge in [-0.2, -0.15) is 0 Å². The van der Waals surface area contributed by atoms with Crippen molar-refractivity contribution in [2.24, 2.45) is 0 Å². The molecule has 2 rings (SSSR count). The van der Waals surface area contributed by atoms with Crippen LogP contribution in [0.15, 0.2) is 18.2 Å².